The van der Waals surface area contributed by atoms with Crippen LogP contribution in [0.15, 0.2) is 35.5 Å². The van der Waals surface area contributed by atoms with Crippen molar-refractivity contribution in [2.45, 2.75) is 19.3 Å². The molecule has 1 saturated carbocycles. The molecule has 0 bridgehead atoms. The van der Waals surface area contributed by atoms with Crippen molar-refractivity contribution in [2.75, 3.05) is 0 Å². The Labute approximate surface area is 67.3 Å². The topological polar surface area (TPSA) is 0 Å². The van der Waals surface area contributed by atoms with Gasteiger partial charge in [-0.05, 0) is 36.7 Å². The van der Waals surface area contributed by atoms with Gasteiger partial charge in [0.2, 0.25) is 0 Å². The largest absolute Gasteiger partial charge is 0.0839 e. The fourth-order valence-corrected chi connectivity index (χ4v) is 2.55. The van der Waals surface area contributed by atoms with Crippen LogP contribution >= 0.6 is 0 Å². The van der Waals surface area contributed by atoms with Gasteiger partial charge in [-0.2, -0.15) is 0 Å². The van der Waals surface area contributed by atoms with Crippen LogP contribution in [0.4, 0.5) is 0 Å². The monoisotopic (exact) mass is 144 g/mol. The van der Waals surface area contributed by atoms with Gasteiger partial charge in [0.25, 0.3) is 0 Å². The minimum absolute atomic E-state index is 0.878. The highest BCUT2D eigenvalue weighted by Gasteiger charge is 2.38. The van der Waals surface area contributed by atoms with Crippen LogP contribution in [0.5, 0.6) is 0 Å². The maximum atomic E-state index is 2.43. The van der Waals surface area contributed by atoms with Gasteiger partial charge in [0, 0.05) is 0 Å². The van der Waals surface area contributed by atoms with Crippen molar-refractivity contribution in [1.29, 1.82) is 0 Å². The third-order valence-electron chi connectivity index (χ3n) is 3.30. The highest BCUT2D eigenvalue weighted by atomic mass is 14.4. The molecule has 0 heterocycles. The Bertz CT molecular complexity index is 278. The molecule has 0 heteroatoms. The molecule has 2 unspecified atom stereocenters. The van der Waals surface area contributed by atoms with Crippen LogP contribution in [-0.4, -0.2) is 0 Å². The van der Waals surface area contributed by atoms with Gasteiger partial charge < -0.3 is 0 Å². The Kier molecular flexibility index (Phi) is 0.993. The second kappa shape index (κ2) is 1.88. The number of fused-ring (bicyclic) bond motifs is 3. The average molecular weight is 144 g/mol. The smallest absolute Gasteiger partial charge is 0.00615 e. The maximum absolute atomic E-state index is 2.43. The molecule has 0 spiro atoms. The zero-order valence-corrected chi connectivity index (χ0v) is 6.59. The Balaban J connectivity index is 2.04. The van der Waals surface area contributed by atoms with Crippen molar-refractivity contribution in [3.63, 3.8) is 0 Å². The van der Waals surface area contributed by atoms with Crippen molar-refractivity contribution >= 4 is 0 Å². The van der Waals surface area contributed by atoms with E-state index in [1.54, 1.807) is 11.1 Å². The highest BCUT2D eigenvalue weighted by Crippen LogP contribution is 2.50. The van der Waals surface area contributed by atoms with E-state index in [4.69, 9.17) is 0 Å². The normalized spacial score (nSPS) is 38.5. The molecule has 56 valence electrons. The van der Waals surface area contributed by atoms with Crippen LogP contribution in [0.25, 0.3) is 0 Å². The van der Waals surface area contributed by atoms with Crippen LogP contribution in [-0.2, 0) is 0 Å². The molecule has 0 N–H and O–H groups in total. The van der Waals surface area contributed by atoms with E-state index in [2.05, 4.69) is 24.3 Å². The van der Waals surface area contributed by atoms with Crippen LogP contribution in [0.1, 0.15) is 19.3 Å². The fraction of sp³-hybridized carbons (Fsp3) is 0.455. The summed E-state index contributed by atoms with van der Waals surface area (Å²) in [6.07, 6.45) is 13.3. The Morgan fingerprint density at radius 2 is 2.27 bits per heavy atom. The lowest BCUT2D eigenvalue weighted by Crippen LogP contribution is -2.20. The summed E-state index contributed by atoms with van der Waals surface area (Å²) in [5.41, 5.74) is 3.33. The zero-order valence-electron chi connectivity index (χ0n) is 6.59. The lowest BCUT2D eigenvalue weighted by atomic mass is 9.73. The molecule has 0 nitrogen and oxygen atoms in total. The van der Waals surface area contributed by atoms with Gasteiger partial charge in [0.15, 0.2) is 0 Å². The third kappa shape index (κ3) is 0.649. The second-order valence-electron chi connectivity index (χ2n) is 3.80. The molecule has 0 aromatic carbocycles. The van der Waals surface area contributed by atoms with Crippen molar-refractivity contribution in [1.82, 2.24) is 0 Å². The van der Waals surface area contributed by atoms with Gasteiger partial charge in [-0.25, -0.2) is 0 Å². The van der Waals surface area contributed by atoms with E-state index in [-0.39, 0.29) is 0 Å². The molecule has 0 aromatic heterocycles. The Hall–Kier alpha value is -0.780. The third-order valence-corrected chi connectivity index (χ3v) is 3.30. The zero-order chi connectivity index (χ0) is 7.26. The standard InChI is InChI=1S/C11H12/c1-2-4-10-8(3-1)7-9-5-6-11(9)10/h1-3,7,10-11H,4-6H2. The van der Waals surface area contributed by atoms with E-state index in [9.17, 15) is 0 Å². The number of rotatable bonds is 0. The molecule has 0 radical (unpaired) electrons. The predicted octanol–water partition coefficient (Wildman–Crippen LogP) is 2.84. The summed E-state index contributed by atoms with van der Waals surface area (Å²) >= 11 is 0. The van der Waals surface area contributed by atoms with E-state index in [1.165, 1.54) is 19.3 Å². The van der Waals surface area contributed by atoms with E-state index < -0.39 is 0 Å². The summed E-state index contributed by atoms with van der Waals surface area (Å²) in [7, 11) is 0. The van der Waals surface area contributed by atoms with E-state index >= 15 is 0 Å². The molecule has 1 fully saturated rings. The molecule has 11 heavy (non-hydrogen) atoms. The second-order valence-corrected chi connectivity index (χ2v) is 3.80. The molecule has 0 aliphatic heterocycles. The minimum Gasteiger partial charge on any atom is -0.0839 e. The molecule has 0 saturated heterocycles. The van der Waals surface area contributed by atoms with Crippen LogP contribution in [0.2, 0.25) is 0 Å². The van der Waals surface area contributed by atoms with E-state index in [0.29, 0.717) is 0 Å². The number of hydrogen-bond acceptors (Lipinski definition) is 0. The molecule has 2 atom stereocenters. The summed E-state index contributed by atoms with van der Waals surface area (Å²) < 4.78 is 0. The average Bonchev–Trinajstić information content (AvgIpc) is 2.23. The van der Waals surface area contributed by atoms with Gasteiger partial charge in [-0.15, -0.1) is 0 Å². The molecule has 3 rings (SSSR count). The molecule has 0 aromatic rings. The summed E-state index contributed by atoms with van der Waals surface area (Å²) in [5, 5.41) is 0. The first-order chi connectivity index (χ1) is 5.45. The first-order valence-electron chi connectivity index (χ1n) is 4.52. The van der Waals surface area contributed by atoms with E-state index in [0.717, 1.165) is 11.8 Å². The molecule has 3 aliphatic rings. The first-order valence-corrected chi connectivity index (χ1v) is 4.52. The van der Waals surface area contributed by atoms with Gasteiger partial charge >= 0.3 is 0 Å². The minimum atomic E-state index is 0.878. The van der Waals surface area contributed by atoms with E-state index in [1.807, 2.05) is 0 Å². The SMILES string of the molecule is C1=CCC2C(=C1)C=C1CCC12. The van der Waals surface area contributed by atoms with Gasteiger partial charge in [0.1, 0.15) is 0 Å². The molecule has 3 aliphatic carbocycles. The summed E-state index contributed by atoms with van der Waals surface area (Å²) in [5.74, 6) is 1.83. The van der Waals surface area contributed by atoms with Crippen LogP contribution in [0, 0.1) is 11.8 Å². The Morgan fingerprint density at radius 1 is 1.27 bits per heavy atom. The van der Waals surface area contributed by atoms with Crippen molar-refractivity contribution in [2.24, 2.45) is 11.8 Å². The predicted molar refractivity (Wildman–Crippen MR) is 46.1 cm³/mol. The molecular formula is C11H12. The summed E-state index contributed by atoms with van der Waals surface area (Å²) in [6, 6.07) is 0. The molecular weight excluding hydrogens is 132 g/mol. The van der Waals surface area contributed by atoms with Crippen LogP contribution < -0.4 is 0 Å². The lowest BCUT2D eigenvalue weighted by Gasteiger charge is -2.31. The fourth-order valence-electron chi connectivity index (χ4n) is 2.55. The van der Waals surface area contributed by atoms with Crippen molar-refractivity contribution in [3.05, 3.63) is 35.5 Å². The van der Waals surface area contributed by atoms with Gasteiger partial charge in [-0.1, -0.05) is 29.9 Å². The lowest BCUT2D eigenvalue weighted by molar-refractivity contribution is 0.357. The number of allylic oxidation sites excluding steroid dienone is 6. The summed E-state index contributed by atoms with van der Waals surface area (Å²) in [4.78, 5) is 0. The van der Waals surface area contributed by atoms with Crippen LogP contribution in [0.3, 0.4) is 0 Å². The first kappa shape index (κ1) is 5.82. The highest BCUT2D eigenvalue weighted by molar-refractivity contribution is 5.43. The Morgan fingerprint density at radius 3 is 3.09 bits per heavy atom. The van der Waals surface area contributed by atoms with Gasteiger partial charge in [-0.3, -0.25) is 0 Å². The van der Waals surface area contributed by atoms with Gasteiger partial charge in [0.05, 0.1) is 0 Å². The van der Waals surface area contributed by atoms with Crippen molar-refractivity contribution < 1.29 is 0 Å². The quantitative estimate of drug-likeness (QED) is 0.490. The van der Waals surface area contributed by atoms with Crippen molar-refractivity contribution in [3.8, 4) is 0 Å². The summed E-state index contributed by atoms with van der Waals surface area (Å²) in [6.45, 7) is 0. The molecule has 0 amide bonds. The number of hydrogen-bond donors (Lipinski definition) is 0. The maximum Gasteiger partial charge on any atom is -0.00615 e.